The zero-order valence-electron chi connectivity index (χ0n) is 10.9. The van der Waals surface area contributed by atoms with Crippen LogP contribution in [0, 0.1) is 5.92 Å². The zero-order chi connectivity index (χ0) is 13.7. The second kappa shape index (κ2) is 6.66. The number of amides is 1. The fraction of sp³-hybridized carbons (Fsp3) is 0.500. The van der Waals surface area contributed by atoms with Crippen LogP contribution in [0.2, 0.25) is 0 Å². The van der Waals surface area contributed by atoms with Crippen molar-refractivity contribution in [2.75, 3.05) is 19.2 Å². The summed E-state index contributed by atoms with van der Waals surface area (Å²) < 4.78 is 10.4. The minimum Gasteiger partial charge on any atom is -0.454 e. The van der Waals surface area contributed by atoms with Crippen molar-refractivity contribution in [2.24, 2.45) is 5.92 Å². The normalized spacial score (nSPS) is 14.2. The van der Waals surface area contributed by atoms with Gasteiger partial charge >= 0.3 is 0 Å². The van der Waals surface area contributed by atoms with Crippen molar-refractivity contribution in [3.63, 3.8) is 0 Å². The molecule has 0 radical (unpaired) electrons. The fourth-order valence-electron chi connectivity index (χ4n) is 1.87. The van der Waals surface area contributed by atoms with Gasteiger partial charge in [-0.1, -0.05) is 6.92 Å². The number of carbonyl (C=O) groups excluding carboxylic acids is 1. The van der Waals surface area contributed by atoms with E-state index in [-0.39, 0.29) is 12.7 Å². The molecule has 1 aliphatic rings. The minimum atomic E-state index is -0.0863. The van der Waals surface area contributed by atoms with Crippen molar-refractivity contribution in [1.29, 1.82) is 0 Å². The third-order valence-corrected chi connectivity index (χ3v) is 3.58. The zero-order valence-corrected chi connectivity index (χ0v) is 11.7. The van der Waals surface area contributed by atoms with Gasteiger partial charge in [0.15, 0.2) is 11.5 Å². The quantitative estimate of drug-likeness (QED) is 0.645. The standard InChI is InChI=1S/C14H18ClNO3/c1-10(8-15)3-2-6-16-14(17)11-4-5-12-13(7-11)19-9-18-12/h4-5,7,10H,2-3,6,8-9H2,1H3,(H,16,17). The van der Waals surface area contributed by atoms with E-state index in [2.05, 4.69) is 12.2 Å². The molecule has 1 unspecified atom stereocenters. The highest BCUT2D eigenvalue weighted by molar-refractivity contribution is 6.18. The van der Waals surface area contributed by atoms with Crippen LogP contribution in [-0.2, 0) is 0 Å². The molecule has 0 saturated carbocycles. The van der Waals surface area contributed by atoms with Crippen molar-refractivity contribution >= 4 is 17.5 Å². The van der Waals surface area contributed by atoms with Crippen molar-refractivity contribution in [3.8, 4) is 11.5 Å². The predicted octanol–water partition coefficient (Wildman–Crippen LogP) is 2.80. The molecule has 2 rings (SSSR count). The lowest BCUT2D eigenvalue weighted by Gasteiger charge is -2.08. The van der Waals surface area contributed by atoms with Crippen molar-refractivity contribution < 1.29 is 14.3 Å². The van der Waals surface area contributed by atoms with E-state index < -0.39 is 0 Å². The van der Waals surface area contributed by atoms with Crippen molar-refractivity contribution in [3.05, 3.63) is 23.8 Å². The summed E-state index contributed by atoms with van der Waals surface area (Å²) in [7, 11) is 0. The molecule has 1 atom stereocenters. The van der Waals surface area contributed by atoms with E-state index in [1.807, 2.05) is 0 Å². The molecule has 4 nitrogen and oxygen atoms in total. The lowest BCUT2D eigenvalue weighted by Crippen LogP contribution is -2.24. The van der Waals surface area contributed by atoms with E-state index in [0.717, 1.165) is 12.8 Å². The Balaban J connectivity index is 1.80. The van der Waals surface area contributed by atoms with Crippen LogP contribution < -0.4 is 14.8 Å². The first kappa shape index (κ1) is 14.0. The predicted molar refractivity (Wildman–Crippen MR) is 74.0 cm³/mol. The fourth-order valence-corrected chi connectivity index (χ4v) is 2.02. The van der Waals surface area contributed by atoms with Crippen LogP contribution in [0.4, 0.5) is 0 Å². The maximum atomic E-state index is 11.9. The third kappa shape index (κ3) is 3.77. The lowest BCUT2D eigenvalue weighted by atomic mass is 10.1. The summed E-state index contributed by atoms with van der Waals surface area (Å²) in [5.74, 6) is 2.38. The number of alkyl halides is 1. The summed E-state index contributed by atoms with van der Waals surface area (Å²) in [6, 6.07) is 5.20. The number of ether oxygens (including phenoxy) is 2. The Labute approximate surface area is 118 Å². The number of hydrogen-bond acceptors (Lipinski definition) is 3. The van der Waals surface area contributed by atoms with E-state index in [1.165, 1.54) is 0 Å². The summed E-state index contributed by atoms with van der Waals surface area (Å²) in [6.07, 6.45) is 1.95. The number of halogens is 1. The number of benzene rings is 1. The van der Waals surface area contributed by atoms with Crippen LogP contribution in [0.15, 0.2) is 18.2 Å². The Hall–Kier alpha value is -1.42. The van der Waals surface area contributed by atoms with Gasteiger partial charge in [0.25, 0.3) is 5.91 Å². The molecule has 1 aromatic carbocycles. The van der Waals surface area contributed by atoms with Crippen LogP contribution in [0.5, 0.6) is 11.5 Å². The van der Waals surface area contributed by atoms with Gasteiger partial charge < -0.3 is 14.8 Å². The summed E-state index contributed by atoms with van der Waals surface area (Å²) >= 11 is 5.73. The van der Waals surface area contributed by atoms with E-state index in [4.69, 9.17) is 21.1 Å². The van der Waals surface area contributed by atoms with Gasteiger partial charge in [-0.2, -0.15) is 0 Å². The molecule has 1 N–H and O–H groups in total. The monoisotopic (exact) mass is 283 g/mol. The molecule has 1 aliphatic heterocycles. The number of carbonyl (C=O) groups is 1. The van der Waals surface area contributed by atoms with Crippen LogP contribution in [0.25, 0.3) is 0 Å². The Kier molecular flexibility index (Phi) is 4.91. The van der Waals surface area contributed by atoms with Crippen LogP contribution >= 0.6 is 11.6 Å². The van der Waals surface area contributed by atoms with Crippen molar-refractivity contribution in [2.45, 2.75) is 19.8 Å². The van der Waals surface area contributed by atoms with Crippen molar-refractivity contribution in [1.82, 2.24) is 5.32 Å². The molecule has 19 heavy (non-hydrogen) atoms. The van der Waals surface area contributed by atoms with E-state index >= 15 is 0 Å². The van der Waals surface area contributed by atoms with E-state index in [0.29, 0.717) is 35.4 Å². The maximum absolute atomic E-state index is 11.9. The summed E-state index contributed by atoms with van der Waals surface area (Å²) in [5, 5.41) is 2.89. The molecular weight excluding hydrogens is 266 g/mol. The minimum absolute atomic E-state index is 0.0863. The molecule has 0 spiro atoms. The average Bonchev–Trinajstić information content (AvgIpc) is 2.90. The summed E-state index contributed by atoms with van der Waals surface area (Å²) in [4.78, 5) is 11.9. The second-order valence-electron chi connectivity index (χ2n) is 4.73. The molecule has 1 amide bonds. The van der Waals surface area contributed by atoms with Gasteiger partial charge in [0, 0.05) is 18.0 Å². The number of nitrogens with one attached hydrogen (secondary N) is 1. The molecule has 0 bridgehead atoms. The largest absolute Gasteiger partial charge is 0.454 e. The molecule has 104 valence electrons. The highest BCUT2D eigenvalue weighted by atomic mass is 35.5. The van der Waals surface area contributed by atoms with Gasteiger partial charge in [0.05, 0.1) is 0 Å². The number of rotatable bonds is 6. The molecule has 0 aliphatic carbocycles. The summed E-state index contributed by atoms with van der Waals surface area (Å²) in [5.41, 5.74) is 0.592. The summed E-state index contributed by atoms with van der Waals surface area (Å²) in [6.45, 7) is 2.98. The first-order valence-corrected chi connectivity index (χ1v) is 6.98. The maximum Gasteiger partial charge on any atom is 0.251 e. The highest BCUT2D eigenvalue weighted by Gasteiger charge is 2.15. The topological polar surface area (TPSA) is 47.6 Å². The van der Waals surface area contributed by atoms with Crippen LogP contribution in [-0.4, -0.2) is 25.1 Å². The number of fused-ring (bicyclic) bond motifs is 1. The molecule has 1 heterocycles. The Bertz CT molecular complexity index is 450. The first-order valence-electron chi connectivity index (χ1n) is 6.44. The van der Waals surface area contributed by atoms with Gasteiger partial charge in [0.1, 0.15) is 0 Å². The molecular formula is C14H18ClNO3. The second-order valence-corrected chi connectivity index (χ2v) is 5.03. The van der Waals surface area contributed by atoms with E-state index in [1.54, 1.807) is 18.2 Å². The van der Waals surface area contributed by atoms with Gasteiger partial charge in [-0.3, -0.25) is 4.79 Å². The van der Waals surface area contributed by atoms with Gasteiger partial charge in [0.2, 0.25) is 6.79 Å². The molecule has 5 heteroatoms. The smallest absolute Gasteiger partial charge is 0.251 e. The number of hydrogen-bond donors (Lipinski definition) is 1. The van der Waals surface area contributed by atoms with Gasteiger partial charge in [-0.05, 0) is 37.0 Å². The van der Waals surface area contributed by atoms with Gasteiger partial charge in [-0.15, -0.1) is 11.6 Å². The third-order valence-electron chi connectivity index (χ3n) is 3.06. The molecule has 1 aromatic rings. The molecule has 0 fully saturated rings. The Morgan fingerprint density at radius 1 is 1.42 bits per heavy atom. The first-order chi connectivity index (χ1) is 9.20. The Morgan fingerprint density at radius 3 is 3.00 bits per heavy atom. The molecule has 0 saturated heterocycles. The van der Waals surface area contributed by atoms with E-state index in [9.17, 15) is 4.79 Å². The highest BCUT2D eigenvalue weighted by Crippen LogP contribution is 2.32. The van der Waals surface area contributed by atoms with Crippen LogP contribution in [0.1, 0.15) is 30.1 Å². The lowest BCUT2D eigenvalue weighted by molar-refractivity contribution is 0.0952. The molecule has 0 aromatic heterocycles. The SMILES string of the molecule is CC(CCl)CCCNC(=O)c1ccc2c(c1)OCO2. The average molecular weight is 284 g/mol. The van der Waals surface area contributed by atoms with Crippen LogP contribution in [0.3, 0.4) is 0 Å². The van der Waals surface area contributed by atoms with Gasteiger partial charge in [-0.25, -0.2) is 0 Å². The Morgan fingerprint density at radius 2 is 2.21 bits per heavy atom.